The third-order valence-electron chi connectivity index (χ3n) is 1.80. The Labute approximate surface area is 91.6 Å². The number of ether oxygens (including phenoxy) is 1. The molecule has 3 nitrogen and oxygen atoms in total. The van der Waals surface area contributed by atoms with Crippen molar-refractivity contribution in [3.8, 4) is 0 Å². The lowest BCUT2D eigenvalue weighted by molar-refractivity contribution is 0.0593. The van der Waals surface area contributed by atoms with E-state index in [0.29, 0.717) is 5.69 Å². The molecule has 1 aromatic rings. The SMILES string of the molecule is COC(=O)c1cc(Br)cc(C(C)C)n1. The number of nitrogens with zero attached hydrogens (tertiary/aromatic N) is 1. The Morgan fingerprint density at radius 1 is 1.50 bits per heavy atom. The summed E-state index contributed by atoms with van der Waals surface area (Å²) in [5.74, 6) is -0.121. The van der Waals surface area contributed by atoms with Crippen molar-refractivity contribution in [3.63, 3.8) is 0 Å². The van der Waals surface area contributed by atoms with E-state index in [-0.39, 0.29) is 5.92 Å². The minimum absolute atomic E-state index is 0.288. The van der Waals surface area contributed by atoms with Crippen molar-refractivity contribution in [3.05, 3.63) is 28.0 Å². The van der Waals surface area contributed by atoms with Crippen molar-refractivity contribution in [2.45, 2.75) is 19.8 Å². The van der Waals surface area contributed by atoms with Crippen LogP contribution in [0.3, 0.4) is 0 Å². The Balaban J connectivity index is 3.13. The average Bonchev–Trinajstić information content (AvgIpc) is 2.15. The molecule has 0 aliphatic carbocycles. The Kier molecular flexibility index (Phi) is 3.63. The lowest BCUT2D eigenvalue weighted by atomic mass is 10.1. The molecule has 0 spiro atoms. The molecule has 1 aromatic heterocycles. The third-order valence-corrected chi connectivity index (χ3v) is 2.25. The molecule has 76 valence electrons. The minimum atomic E-state index is -0.409. The monoisotopic (exact) mass is 257 g/mol. The van der Waals surface area contributed by atoms with E-state index < -0.39 is 5.97 Å². The molecule has 0 aliphatic rings. The Morgan fingerprint density at radius 2 is 2.14 bits per heavy atom. The summed E-state index contributed by atoms with van der Waals surface area (Å²) in [5, 5.41) is 0. The normalized spacial score (nSPS) is 10.4. The van der Waals surface area contributed by atoms with Gasteiger partial charge in [0.25, 0.3) is 0 Å². The summed E-state index contributed by atoms with van der Waals surface area (Å²) >= 11 is 3.33. The van der Waals surface area contributed by atoms with Gasteiger partial charge in [0.2, 0.25) is 0 Å². The topological polar surface area (TPSA) is 39.2 Å². The maximum Gasteiger partial charge on any atom is 0.356 e. The number of carbonyl (C=O) groups is 1. The number of pyridine rings is 1. The molecule has 0 unspecified atom stereocenters. The van der Waals surface area contributed by atoms with E-state index >= 15 is 0 Å². The lowest BCUT2D eigenvalue weighted by Gasteiger charge is -2.07. The summed E-state index contributed by atoms with van der Waals surface area (Å²) in [4.78, 5) is 15.4. The second-order valence-corrected chi connectivity index (χ2v) is 4.16. The second-order valence-electron chi connectivity index (χ2n) is 3.24. The fourth-order valence-corrected chi connectivity index (χ4v) is 1.47. The highest BCUT2D eigenvalue weighted by Crippen LogP contribution is 2.19. The molecule has 4 heteroatoms. The van der Waals surface area contributed by atoms with Gasteiger partial charge < -0.3 is 4.74 Å². The predicted molar refractivity (Wildman–Crippen MR) is 57.4 cm³/mol. The van der Waals surface area contributed by atoms with Crippen molar-refractivity contribution in [1.29, 1.82) is 0 Å². The maximum absolute atomic E-state index is 11.2. The molecule has 0 saturated carbocycles. The fourth-order valence-electron chi connectivity index (χ4n) is 1.02. The zero-order chi connectivity index (χ0) is 10.7. The number of aromatic nitrogens is 1. The molecular formula is C10H12BrNO2. The van der Waals surface area contributed by atoms with Gasteiger partial charge in [-0.05, 0) is 18.1 Å². The summed E-state index contributed by atoms with van der Waals surface area (Å²) in [6, 6.07) is 3.55. The van der Waals surface area contributed by atoms with E-state index in [1.54, 1.807) is 6.07 Å². The van der Waals surface area contributed by atoms with Crippen molar-refractivity contribution in [2.24, 2.45) is 0 Å². The summed E-state index contributed by atoms with van der Waals surface area (Å²) in [6.45, 7) is 4.05. The molecule has 0 amide bonds. The van der Waals surface area contributed by atoms with Crippen LogP contribution in [0.1, 0.15) is 35.9 Å². The second kappa shape index (κ2) is 4.55. The molecule has 1 rings (SSSR count). The smallest absolute Gasteiger partial charge is 0.356 e. The first-order chi connectivity index (χ1) is 6.54. The molecule has 0 radical (unpaired) electrons. The molecule has 0 N–H and O–H groups in total. The highest BCUT2D eigenvalue weighted by atomic mass is 79.9. The summed E-state index contributed by atoms with van der Waals surface area (Å²) < 4.78 is 5.45. The van der Waals surface area contributed by atoms with E-state index in [1.807, 2.05) is 19.9 Å². The molecular weight excluding hydrogens is 246 g/mol. The molecule has 0 aliphatic heterocycles. The largest absolute Gasteiger partial charge is 0.464 e. The summed E-state index contributed by atoms with van der Waals surface area (Å²) in [6.07, 6.45) is 0. The molecule has 0 bridgehead atoms. The molecule has 14 heavy (non-hydrogen) atoms. The molecule has 1 heterocycles. The lowest BCUT2D eigenvalue weighted by Crippen LogP contribution is -2.06. The number of hydrogen-bond donors (Lipinski definition) is 0. The Morgan fingerprint density at radius 3 is 2.64 bits per heavy atom. The van der Waals surface area contributed by atoms with E-state index in [2.05, 4.69) is 25.7 Å². The van der Waals surface area contributed by atoms with Gasteiger partial charge in [0, 0.05) is 10.2 Å². The Bertz CT molecular complexity index is 350. The third kappa shape index (κ3) is 2.54. The fraction of sp³-hybridized carbons (Fsp3) is 0.400. The first-order valence-corrected chi connectivity index (χ1v) is 5.09. The first-order valence-electron chi connectivity index (χ1n) is 4.30. The maximum atomic E-state index is 11.2. The standard InChI is InChI=1S/C10H12BrNO2/c1-6(2)8-4-7(11)5-9(12-8)10(13)14-3/h4-6H,1-3H3. The van der Waals surface area contributed by atoms with E-state index in [0.717, 1.165) is 10.2 Å². The summed E-state index contributed by atoms with van der Waals surface area (Å²) in [7, 11) is 1.35. The number of hydrogen-bond acceptors (Lipinski definition) is 3. The quantitative estimate of drug-likeness (QED) is 0.765. The van der Waals surface area contributed by atoms with Gasteiger partial charge in [0.15, 0.2) is 0 Å². The number of esters is 1. The van der Waals surface area contributed by atoms with Crippen molar-refractivity contribution in [2.75, 3.05) is 7.11 Å². The zero-order valence-corrected chi connectivity index (χ0v) is 9.96. The predicted octanol–water partition coefficient (Wildman–Crippen LogP) is 2.75. The molecule has 0 saturated heterocycles. The van der Waals surface area contributed by atoms with Crippen LogP contribution in [0.5, 0.6) is 0 Å². The van der Waals surface area contributed by atoms with Gasteiger partial charge in [-0.2, -0.15) is 0 Å². The zero-order valence-electron chi connectivity index (χ0n) is 8.37. The van der Waals surface area contributed by atoms with Crippen LogP contribution in [0.4, 0.5) is 0 Å². The van der Waals surface area contributed by atoms with Crippen LogP contribution in [0.2, 0.25) is 0 Å². The van der Waals surface area contributed by atoms with Gasteiger partial charge >= 0.3 is 5.97 Å². The van der Waals surface area contributed by atoms with Gasteiger partial charge in [-0.15, -0.1) is 0 Å². The number of carbonyl (C=O) groups excluding carboxylic acids is 1. The minimum Gasteiger partial charge on any atom is -0.464 e. The van der Waals surface area contributed by atoms with Crippen LogP contribution in [0, 0.1) is 0 Å². The van der Waals surface area contributed by atoms with Crippen LogP contribution in [0.15, 0.2) is 16.6 Å². The average molecular weight is 258 g/mol. The van der Waals surface area contributed by atoms with Crippen LogP contribution in [-0.4, -0.2) is 18.1 Å². The van der Waals surface area contributed by atoms with Crippen LogP contribution < -0.4 is 0 Å². The molecule has 0 fully saturated rings. The highest BCUT2D eigenvalue weighted by molar-refractivity contribution is 9.10. The highest BCUT2D eigenvalue weighted by Gasteiger charge is 2.11. The van der Waals surface area contributed by atoms with Gasteiger partial charge in [-0.1, -0.05) is 29.8 Å². The number of methoxy groups -OCH3 is 1. The van der Waals surface area contributed by atoms with Gasteiger partial charge in [0.1, 0.15) is 5.69 Å². The van der Waals surface area contributed by atoms with Crippen LogP contribution in [-0.2, 0) is 4.74 Å². The van der Waals surface area contributed by atoms with Gasteiger partial charge in [0.05, 0.1) is 7.11 Å². The van der Waals surface area contributed by atoms with Gasteiger partial charge in [-0.3, -0.25) is 0 Å². The summed E-state index contributed by atoms with van der Waals surface area (Å²) in [5.41, 5.74) is 1.21. The Hall–Kier alpha value is -0.900. The first kappa shape index (κ1) is 11.2. The van der Waals surface area contributed by atoms with E-state index in [9.17, 15) is 4.79 Å². The van der Waals surface area contributed by atoms with Crippen LogP contribution >= 0.6 is 15.9 Å². The van der Waals surface area contributed by atoms with Crippen molar-refractivity contribution < 1.29 is 9.53 Å². The van der Waals surface area contributed by atoms with Gasteiger partial charge in [-0.25, -0.2) is 9.78 Å². The van der Waals surface area contributed by atoms with E-state index in [1.165, 1.54) is 7.11 Å². The van der Waals surface area contributed by atoms with Crippen molar-refractivity contribution >= 4 is 21.9 Å². The molecule has 0 atom stereocenters. The van der Waals surface area contributed by atoms with Crippen molar-refractivity contribution in [1.82, 2.24) is 4.98 Å². The number of halogens is 1. The van der Waals surface area contributed by atoms with Crippen LogP contribution in [0.25, 0.3) is 0 Å². The van der Waals surface area contributed by atoms with E-state index in [4.69, 9.17) is 0 Å². The number of rotatable bonds is 2. The molecule has 0 aromatic carbocycles.